The number of ketones is 1. The third-order valence-electron chi connectivity index (χ3n) is 6.15. The van der Waals surface area contributed by atoms with Crippen molar-refractivity contribution in [2.45, 2.75) is 45.4 Å². The molecule has 1 aliphatic carbocycles. The van der Waals surface area contributed by atoms with Gasteiger partial charge in [0.15, 0.2) is 5.78 Å². The van der Waals surface area contributed by atoms with Gasteiger partial charge < -0.3 is 10.1 Å². The van der Waals surface area contributed by atoms with Gasteiger partial charge in [-0.25, -0.2) is 4.79 Å². The van der Waals surface area contributed by atoms with Crippen LogP contribution in [0.5, 0.6) is 0 Å². The summed E-state index contributed by atoms with van der Waals surface area (Å²) in [7, 11) is 0. The van der Waals surface area contributed by atoms with Crippen molar-refractivity contribution in [2.24, 2.45) is 5.92 Å². The molecular formula is C27H27BrClNO3. The van der Waals surface area contributed by atoms with Crippen molar-refractivity contribution in [3.63, 3.8) is 0 Å². The lowest BCUT2D eigenvalue weighted by Crippen LogP contribution is -2.36. The molecule has 2 aromatic rings. The summed E-state index contributed by atoms with van der Waals surface area (Å²) in [4.78, 5) is 26.8. The Morgan fingerprint density at radius 3 is 2.52 bits per heavy atom. The lowest BCUT2D eigenvalue weighted by atomic mass is 9.72. The topological polar surface area (TPSA) is 55.4 Å². The van der Waals surface area contributed by atoms with Crippen molar-refractivity contribution >= 4 is 39.3 Å². The van der Waals surface area contributed by atoms with Crippen LogP contribution in [-0.2, 0) is 14.3 Å². The van der Waals surface area contributed by atoms with Gasteiger partial charge in [-0.15, -0.1) is 0 Å². The summed E-state index contributed by atoms with van der Waals surface area (Å²) < 4.78 is 6.48. The van der Waals surface area contributed by atoms with E-state index in [2.05, 4.69) is 21.2 Å². The monoisotopic (exact) mass is 527 g/mol. The lowest BCUT2D eigenvalue weighted by Gasteiger charge is -2.37. The first-order valence-electron chi connectivity index (χ1n) is 11.2. The fraction of sp³-hybridized carbons (Fsp3) is 0.333. The molecule has 2 aromatic carbocycles. The van der Waals surface area contributed by atoms with Crippen LogP contribution in [0.3, 0.4) is 0 Å². The number of rotatable bonds is 5. The first kappa shape index (κ1) is 23.8. The van der Waals surface area contributed by atoms with Gasteiger partial charge in [0, 0.05) is 38.8 Å². The van der Waals surface area contributed by atoms with Crippen LogP contribution in [-0.4, -0.2) is 18.4 Å². The number of hydrogen-bond donors (Lipinski definition) is 1. The molecule has 172 valence electrons. The van der Waals surface area contributed by atoms with Crippen molar-refractivity contribution in [1.82, 2.24) is 5.32 Å². The number of carbonyl (C=O) groups excluding carboxylic acids is 2. The van der Waals surface area contributed by atoms with E-state index < -0.39 is 5.92 Å². The molecule has 4 nitrogen and oxygen atoms in total. The number of carbonyl (C=O) groups is 2. The lowest BCUT2D eigenvalue weighted by molar-refractivity contribution is -0.140. The van der Waals surface area contributed by atoms with Crippen molar-refractivity contribution in [1.29, 1.82) is 0 Å². The van der Waals surface area contributed by atoms with Crippen molar-refractivity contribution in [2.75, 3.05) is 6.61 Å². The summed E-state index contributed by atoms with van der Waals surface area (Å²) in [5.74, 6) is -0.530. The minimum Gasteiger partial charge on any atom is -0.462 e. The first-order chi connectivity index (χ1) is 15.8. The summed E-state index contributed by atoms with van der Waals surface area (Å²) in [5, 5.41) is 4.07. The normalized spacial score (nSPS) is 20.6. The average Bonchev–Trinajstić information content (AvgIpc) is 2.77. The predicted octanol–water partition coefficient (Wildman–Crippen LogP) is 6.66. The number of allylic oxidation sites excluding steroid dienone is 3. The van der Waals surface area contributed by atoms with Crippen LogP contribution in [0.15, 0.2) is 75.5 Å². The molecule has 0 saturated heterocycles. The first-order valence-corrected chi connectivity index (χ1v) is 12.3. The van der Waals surface area contributed by atoms with E-state index in [9.17, 15) is 9.59 Å². The Kier molecular flexibility index (Phi) is 7.10. The fourth-order valence-electron chi connectivity index (χ4n) is 4.62. The quantitative estimate of drug-likeness (QED) is 0.441. The maximum Gasteiger partial charge on any atom is 0.336 e. The fourth-order valence-corrected chi connectivity index (χ4v) is 5.26. The number of ether oxygens (including phenoxy) is 1. The van der Waals surface area contributed by atoms with Gasteiger partial charge in [0.1, 0.15) is 0 Å². The maximum atomic E-state index is 13.6. The highest BCUT2D eigenvalue weighted by molar-refractivity contribution is 9.10. The molecule has 33 heavy (non-hydrogen) atoms. The number of hydrogen-bond acceptors (Lipinski definition) is 4. The van der Waals surface area contributed by atoms with E-state index in [4.69, 9.17) is 16.3 Å². The molecule has 2 aliphatic rings. The van der Waals surface area contributed by atoms with Crippen LogP contribution in [0.1, 0.15) is 56.6 Å². The highest BCUT2D eigenvalue weighted by atomic mass is 79.9. The molecule has 4 rings (SSSR count). The summed E-state index contributed by atoms with van der Waals surface area (Å²) >= 11 is 9.70. The van der Waals surface area contributed by atoms with E-state index in [1.54, 1.807) is 0 Å². The van der Waals surface area contributed by atoms with Crippen LogP contribution in [0, 0.1) is 5.92 Å². The number of esters is 1. The number of dihydropyridines is 1. The summed E-state index contributed by atoms with van der Waals surface area (Å²) in [6.45, 7) is 6.22. The Bertz CT molecular complexity index is 1150. The zero-order valence-electron chi connectivity index (χ0n) is 19.0. The second kappa shape index (κ2) is 9.86. The van der Waals surface area contributed by atoms with E-state index in [1.165, 1.54) is 0 Å². The number of nitrogens with one attached hydrogen (secondary N) is 1. The largest absolute Gasteiger partial charge is 0.462 e. The van der Waals surface area contributed by atoms with Gasteiger partial charge in [-0.1, -0.05) is 71.7 Å². The molecule has 0 spiro atoms. The van der Waals surface area contributed by atoms with Crippen molar-refractivity contribution < 1.29 is 14.3 Å². The molecule has 0 unspecified atom stereocenters. The van der Waals surface area contributed by atoms with Crippen LogP contribution in [0.4, 0.5) is 0 Å². The zero-order valence-corrected chi connectivity index (χ0v) is 21.3. The van der Waals surface area contributed by atoms with Gasteiger partial charge in [-0.2, -0.15) is 0 Å². The van der Waals surface area contributed by atoms with Crippen molar-refractivity contribution in [3.05, 3.63) is 91.7 Å². The Balaban J connectivity index is 1.77. The summed E-state index contributed by atoms with van der Waals surface area (Å²) in [6, 6.07) is 15.4. The van der Waals surface area contributed by atoms with Gasteiger partial charge in [0.25, 0.3) is 0 Å². The highest BCUT2D eigenvalue weighted by Crippen LogP contribution is 2.47. The average molecular weight is 529 g/mol. The SMILES string of the molecule is CC1=C(C(=O)OCC(C)C)[C@@H](c2ccccc2Br)C2=C(C[C@@H](c3ccc(Cl)cc3)CC2=O)N1. The highest BCUT2D eigenvalue weighted by Gasteiger charge is 2.42. The second-order valence-corrected chi connectivity index (χ2v) is 10.4. The summed E-state index contributed by atoms with van der Waals surface area (Å²) in [5.41, 5.74) is 4.74. The predicted molar refractivity (Wildman–Crippen MR) is 134 cm³/mol. The zero-order chi connectivity index (χ0) is 23.7. The Morgan fingerprint density at radius 2 is 1.85 bits per heavy atom. The number of halogens is 2. The van der Waals surface area contributed by atoms with E-state index >= 15 is 0 Å². The molecular weight excluding hydrogens is 502 g/mol. The van der Waals surface area contributed by atoms with E-state index in [1.807, 2.05) is 69.3 Å². The number of Topliss-reactive ketones (excluding diaryl/α,β-unsaturated/α-hetero) is 1. The minimum absolute atomic E-state index is 0.0473. The van der Waals surface area contributed by atoms with Crippen LogP contribution < -0.4 is 5.32 Å². The Labute approximate surface area is 208 Å². The Morgan fingerprint density at radius 1 is 1.15 bits per heavy atom. The van der Waals surface area contributed by atoms with Crippen LogP contribution in [0.25, 0.3) is 0 Å². The molecule has 1 heterocycles. The molecule has 0 saturated carbocycles. The molecule has 1 N–H and O–H groups in total. The van der Waals surface area contributed by atoms with Crippen LogP contribution in [0.2, 0.25) is 5.02 Å². The van der Waals surface area contributed by atoms with E-state index in [0.29, 0.717) is 35.6 Å². The maximum absolute atomic E-state index is 13.6. The van der Waals surface area contributed by atoms with Gasteiger partial charge >= 0.3 is 5.97 Å². The molecule has 0 aromatic heterocycles. The van der Waals surface area contributed by atoms with Crippen molar-refractivity contribution in [3.8, 4) is 0 Å². The minimum atomic E-state index is -0.477. The van der Waals surface area contributed by atoms with Gasteiger partial charge in [0.2, 0.25) is 0 Å². The molecule has 0 amide bonds. The van der Waals surface area contributed by atoms with Crippen LogP contribution >= 0.6 is 27.5 Å². The molecule has 0 radical (unpaired) electrons. The van der Waals surface area contributed by atoms with E-state index in [0.717, 1.165) is 27.0 Å². The second-order valence-electron chi connectivity index (χ2n) is 9.08. The Hall–Kier alpha value is -2.37. The van der Waals surface area contributed by atoms with E-state index in [-0.39, 0.29) is 23.6 Å². The molecule has 0 fully saturated rings. The van der Waals surface area contributed by atoms with Gasteiger partial charge in [-0.3, -0.25) is 4.79 Å². The molecule has 2 atom stereocenters. The third kappa shape index (κ3) is 4.95. The smallest absolute Gasteiger partial charge is 0.336 e. The molecule has 0 bridgehead atoms. The molecule has 1 aliphatic heterocycles. The number of benzene rings is 2. The van der Waals surface area contributed by atoms with Gasteiger partial charge in [-0.05, 0) is 54.5 Å². The molecule has 6 heteroatoms. The standard InChI is InChI=1S/C27H27BrClNO3/c1-15(2)14-33-27(32)24-16(3)30-22-12-18(17-8-10-19(29)11-9-17)13-23(31)26(22)25(24)20-6-4-5-7-21(20)28/h4-11,15,18,25,30H,12-14H2,1-3H3/t18-,25-/m1/s1. The summed E-state index contributed by atoms with van der Waals surface area (Å²) in [6.07, 6.45) is 1.08. The van der Waals surface area contributed by atoms with Gasteiger partial charge in [0.05, 0.1) is 12.2 Å². The third-order valence-corrected chi connectivity index (χ3v) is 7.13.